The maximum atomic E-state index is 13.8. The van der Waals surface area contributed by atoms with E-state index in [-0.39, 0.29) is 24.5 Å². The number of anilines is 1. The Morgan fingerprint density at radius 2 is 2.03 bits per heavy atom. The number of hydrogen-bond donors (Lipinski definition) is 2. The molecule has 2 N–H and O–H groups in total. The minimum absolute atomic E-state index is 0.0879. The Morgan fingerprint density at radius 1 is 1.32 bits per heavy atom. The summed E-state index contributed by atoms with van der Waals surface area (Å²) in [7, 11) is 1.78. The summed E-state index contributed by atoms with van der Waals surface area (Å²) in [5, 5.41) is 14.3. The topological polar surface area (TPSA) is 76.8 Å². The number of aromatic nitrogens is 4. The summed E-state index contributed by atoms with van der Waals surface area (Å²) in [6.45, 7) is 2.06. The number of benzene rings is 1. The molecule has 0 saturated heterocycles. The molecular formula is C20H20ClF3N6O. The molecule has 2 aromatic heterocycles. The summed E-state index contributed by atoms with van der Waals surface area (Å²) in [5.41, 5.74) is 2.28. The van der Waals surface area contributed by atoms with Gasteiger partial charge in [0.2, 0.25) is 0 Å². The number of carbonyl (C=O) groups excluding carboxylic acids is 1. The molecule has 4 rings (SSSR count). The minimum Gasteiger partial charge on any atom is -0.363 e. The van der Waals surface area contributed by atoms with E-state index in [0.29, 0.717) is 10.6 Å². The van der Waals surface area contributed by atoms with Crippen molar-refractivity contribution in [1.29, 1.82) is 0 Å². The quantitative estimate of drug-likeness (QED) is 0.623. The number of rotatable bonds is 4. The number of amides is 1. The first-order valence-corrected chi connectivity index (χ1v) is 9.95. The highest BCUT2D eigenvalue weighted by Crippen LogP contribution is 2.43. The minimum atomic E-state index is -4.52. The van der Waals surface area contributed by atoms with Crippen LogP contribution in [0.4, 0.5) is 19.0 Å². The van der Waals surface area contributed by atoms with Crippen molar-refractivity contribution in [2.24, 2.45) is 7.05 Å². The summed E-state index contributed by atoms with van der Waals surface area (Å²) in [4.78, 5) is 12.6. The largest absolute Gasteiger partial charge is 0.410 e. The van der Waals surface area contributed by atoms with Gasteiger partial charge in [-0.25, -0.2) is 4.68 Å². The van der Waals surface area contributed by atoms with E-state index in [1.54, 1.807) is 42.2 Å². The number of nitrogens with zero attached hydrogens (tertiary/aromatic N) is 4. The summed E-state index contributed by atoms with van der Waals surface area (Å²) < 4.78 is 43.9. The van der Waals surface area contributed by atoms with Crippen LogP contribution >= 0.6 is 11.6 Å². The molecule has 1 aromatic carbocycles. The van der Waals surface area contributed by atoms with Crippen molar-refractivity contribution in [3.63, 3.8) is 0 Å². The highest BCUT2D eigenvalue weighted by atomic mass is 35.5. The third-order valence-electron chi connectivity index (χ3n) is 5.47. The van der Waals surface area contributed by atoms with Gasteiger partial charge in [0, 0.05) is 42.4 Å². The summed E-state index contributed by atoms with van der Waals surface area (Å²) >= 11 is 5.89. The molecule has 0 unspecified atom stereocenters. The van der Waals surface area contributed by atoms with Crippen LogP contribution in [0.3, 0.4) is 0 Å². The van der Waals surface area contributed by atoms with Crippen molar-refractivity contribution < 1.29 is 18.0 Å². The van der Waals surface area contributed by atoms with Crippen molar-refractivity contribution in [1.82, 2.24) is 24.9 Å². The van der Waals surface area contributed by atoms with Crippen LogP contribution in [0.5, 0.6) is 0 Å². The molecule has 3 heterocycles. The predicted molar refractivity (Wildman–Crippen MR) is 109 cm³/mol. The highest BCUT2D eigenvalue weighted by Gasteiger charge is 2.46. The average molecular weight is 453 g/mol. The fourth-order valence-electron chi connectivity index (χ4n) is 3.58. The van der Waals surface area contributed by atoms with Crippen molar-refractivity contribution in [2.45, 2.75) is 38.1 Å². The maximum Gasteiger partial charge on any atom is 0.410 e. The van der Waals surface area contributed by atoms with E-state index in [1.807, 2.05) is 6.92 Å². The molecule has 2 atom stereocenters. The number of carbonyl (C=O) groups is 1. The average Bonchev–Trinajstić information content (AvgIpc) is 3.29. The Hall–Kier alpha value is -3.01. The smallest absolute Gasteiger partial charge is 0.363 e. The van der Waals surface area contributed by atoms with Gasteiger partial charge in [-0.3, -0.25) is 9.48 Å². The summed E-state index contributed by atoms with van der Waals surface area (Å²) in [6, 6.07) is 5.52. The second kappa shape index (κ2) is 7.92. The maximum absolute atomic E-state index is 13.8. The van der Waals surface area contributed by atoms with Gasteiger partial charge in [0.1, 0.15) is 5.82 Å². The summed E-state index contributed by atoms with van der Waals surface area (Å²) in [5.74, 6) is -0.424. The lowest BCUT2D eigenvalue weighted by molar-refractivity contribution is -0.173. The van der Waals surface area contributed by atoms with Crippen molar-refractivity contribution in [2.75, 3.05) is 5.32 Å². The van der Waals surface area contributed by atoms with Crippen LogP contribution in [-0.2, 0) is 13.6 Å². The first-order valence-electron chi connectivity index (χ1n) is 9.57. The van der Waals surface area contributed by atoms with Gasteiger partial charge < -0.3 is 10.6 Å². The van der Waals surface area contributed by atoms with E-state index in [0.717, 1.165) is 15.9 Å². The lowest BCUT2D eigenvalue weighted by Crippen LogP contribution is -2.35. The normalized spacial score (nSPS) is 18.4. The highest BCUT2D eigenvalue weighted by molar-refractivity contribution is 6.30. The van der Waals surface area contributed by atoms with E-state index in [1.165, 1.54) is 6.07 Å². The molecule has 0 radical (unpaired) electrons. The second-order valence-corrected chi connectivity index (χ2v) is 7.90. The van der Waals surface area contributed by atoms with Crippen molar-refractivity contribution >= 4 is 23.3 Å². The van der Waals surface area contributed by atoms with Crippen molar-refractivity contribution in [3.8, 4) is 0 Å². The number of halogens is 4. The molecule has 0 bridgehead atoms. The van der Waals surface area contributed by atoms with Crippen LogP contribution in [0.25, 0.3) is 0 Å². The Bertz CT molecular complexity index is 1110. The first-order chi connectivity index (χ1) is 14.6. The number of fused-ring (bicyclic) bond motifs is 1. The van der Waals surface area contributed by atoms with Gasteiger partial charge in [0.05, 0.1) is 12.2 Å². The third kappa shape index (κ3) is 4.25. The van der Waals surface area contributed by atoms with Crippen LogP contribution in [0.15, 0.2) is 36.5 Å². The Morgan fingerprint density at radius 3 is 2.65 bits per heavy atom. The number of nitrogens with one attached hydrogen (secondary N) is 2. The lowest BCUT2D eigenvalue weighted by Gasteiger charge is -2.33. The second-order valence-electron chi connectivity index (χ2n) is 7.46. The fraction of sp³-hybridized carbons (Fsp3) is 0.350. The van der Waals surface area contributed by atoms with E-state index in [2.05, 4.69) is 20.8 Å². The van der Waals surface area contributed by atoms with Gasteiger partial charge in [0.15, 0.2) is 11.7 Å². The van der Waals surface area contributed by atoms with Gasteiger partial charge in [0.25, 0.3) is 5.91 Å². The molecule has 31 heavy (non-hydrogen) atoms. The molecule has 7 nitrogen and oxygen atoms in total. The molecule has 1 amide bonds. The lowest BCUT2D eigenvalue weighted by atomic mass is 9.97. The van der Waals surface area contributed by atoms with Crippen LogP contribution < -0.4 is 10.6 Å². The number of alkyl halides is 3. The Balaban J connectivity index is 1.58. The van der Waals surface area contributed by atoms with Gasteiger partial charge in [-0.15, -0.1) is 0 Å². The molecule has 0 saturated carbocycles. The van der Waals surface area contributed by atoms with Gasteiger partial charge in [-0.2, -0.15) is 23.4 Å². The van der Waals surface area contributed by atoms with Crippen LogP contribution in [-0.4, -0.2) is 31.6 Å². The molecular weight excluding hydrogens is 433 g/mol. The van der Waals surface area contributed by atoms with Crippen molar-refractivity contribution in [3.05, 3.63) is 64.1 Å². The summed E-state index contributed by atoms with van der Waals surface area (Å²) in [6.07, 6.45) is -3.14. The molecule has 1 aliphatic heterocycles. The molecule has 164 valence electrons. The van der Waals surface area contributed by atoms with Gasteiger partial charge >= 0.3 is 6.18 Å². The van der Waals surface area contributed by atoms with E-state index in [9.17, 15) is 18.0 Å². The van der Waals surface area contributed by atoms with Crippen LogP contribution in [0.1, 0.15) is 45.8 Å². The Labute approximate surface area is 181 Å². The van der Waals surface area contributed by atoms with Gasteiger partial charge in [-0.1, -0.05) is 23.7 Å². The van der Waals surface area contributed by atoms with E-state index >= 15 is 0 Å². The van der Waals surface area contributed by atoms with Crippen LogP contribution in [0.2, 0.25) is 5.02 Å². The number of hydrogen-bond acceptors (Lipinski definition) is 4. The van der Waals surface area contributed by atoms with Crippen LogP contribution in [0, 0.1) is 6.92 Å². The molecule has 0 aliphatic carbocycles. The molecule has 11 heteroatoms. The fourth-order valence-corrected chi connectivity index (χ4v) is 3.71. The third-order valence-corrected chi connectivity index (χ3v) is 5.72. The predicted octanol–water partition coefficient (Wildman–Crippen LogP) is 4.17. The monoisotopic (exact) mass is 452 g/mol. The SMILES string of the molecule is Cc1c(CNC(=O)c2cc3n(n2)[C@@H](C(F)(F)F)C[C@H](c2ccc(Cl)cc2)N3)cnn1C. The zero-order chi connectivity index (χ0) is 22.3. The Kier molecular flexibility index (Phi) is 5.42. The molecule has 0 spiro atoms. The van der Waals surface area contributed by atoms with E-state index < -0.39 is 24.2 Å². The van der Waals surface area contributed by atoms with E-state index in [4.69, 9.17) is 11.6 Å². The van der Waals surface area contributed by atoms with Gasteiger partial charge in [-0.05, 0) is 24.6 Å². The molecule has 0 fully saturated rings. The zero-order valence-electron chi connectivity index (χ0n) is 16.7. The zero-order valence-corrected chi connectivity index (χ0v) is 17.5. The number of aryl methyl sites for hydroxylation is 1. The standard InChI is InChI=1S/C20H20ClF3N6O/c1-11-13(10-26-29(11)2)9-25-19(31)16-8-18-27-15(12-3-5-14(21)6-4-12)7-17(20(22,23)24)30(18)28-16/h3-6,8,10,15,17,27H,7,9H2,1-2H3,(H,25,31)/t15-,17-/m1/s1. The molecule has 3 aromatic rings. The molecule has 1 aliphatic rings. The first kappa shape index (κ1) is 21.2.